The number of sulfonamides is 1. The fourth-order valence-electron chi connectivity index (χ4n) is 2.69. The first kappa shape index (κ1) is 17.3. The fourth-order valence-corrected chi connectivity index (χ4v) is 4.47. The first-order chi connectivity index (χ1) is 11.4. The predicted molar refractivity (Wildman–Crippen MR) is 96.2 cm³/mol. The van der Waals surface area contributed by atoms with Gasteiger partial charge in [0.15, 0.2) is 0 Å². The molecule has 0 saturated heterocycles. The Hall–Kier alpha value is -1.49. The van der Waals surface area contributed by atoms with E-state index in [9.17, 15) is 13.2 Å². The lowest BCUT2D eigenvalue weighted by molar-refractivity contribution is 0.0706. The van der Waals surface area contributed by atoms with E-state index in [2.05, 4.69) is 22.6 Å². The molecular weight excluding hydrogens is 443 g/mol. The number of fused-ring (bicyclic) bond motifs is 1. The molecule has 0 aliphatic carbocycles. The fraction of sp³-hybridized carbons (Fsp3) is 0.188. The average molecular weight is 458 g/mol. The number of carbonyl (C=O) groups is 1. The lowest BCUT2D eigenvalue weighted by Gasteiger charge is -2.28. The van der Waals surface area contributed by atoms with Gasteiger partial charge in [0.2, 0.25) is 10.0 Å². The number of benzene rings is 2. The minimum atomic E-state index is -3.54. The van der Waals surface area contributed by atoms with Crippen molar-refractivity contribution in [2.24, 2.45) is 0 Å². The molecule has 1 aliphatic heterocycles. The number of carbonyl (C=O) groups excluding carboxylic acids is 1. The summed E-state index contributed by atoms with van der Waals surface area (Å²) in [4.78, 5) is 11.7. The van der Waals surface area contributed by atoms with E-state index in [0.29, 0.717) is 18.5 Å². The van der Waals surface area contributed by atoms with Crippen molar-refractivity contribution in [2.75, 3.05) is 6.54 Å². The van der Waals surface area contributed by atoms with E-state index in [0.717, 1.165) is 14.7 Å². The highest BCUT2D eigenvalue weighted by atomic mass is 127. The molecule has 24 heavy (non-hydrogen) atoms. The van der Waals surface area contributed by atoms with Gasteiger partial charge in [0.05, 0.1) is 4.90 Å². The first-order valence-electron chi connectivity index (χ1n) is 7.24. The van der Waals surface area contributed by atoms with Crippen LogP contribution in [-0.4, -0.2) is 30.4 Å². The number of rotatable bonds is 3. The van der Waals surface area contributed by atoms with E-state index in [1.807, 2.05) is 0 Å². The van der Waals surface area contributed by atoms with Gasteiger partial charge in [0.25, 0.3) is 5.91 Å². The number of halogens is 1. The molecule has 2 aromatic rings. The van der Waals surface area contributed by atoms with Gasteiger partial charge in [0.1, 0.15) is 0 Å². The lowest BCUT2D eigenvalue weighted by Crippen LogP contribution is -2.36. The van der Waals surface area contributed by atoms with Crippen molar-refractivity contribution >= 4 is 38.5 Å². The largest absolute Gasteiger partial charge is 0.288 e. The molecule has 0 bridgehead atoms. The van der Waals surface area contributed by atoms with E-state index in [1.54, 1.807) is 47.9 Å². The van der Waals surface area contributed by atoms with Crippen molar-refractivity contribution in [1.82, 2.24) is 9.79 Å². The molecule has 0 radical (unpaired) electrons. The zero-order chi connectivity index (χ0) is 17.3. The maximum absolute atomic E-state index is 12.8. The third-order valence-corrected chi connectivity index (χ3v) is 6.58. The summed E-state index contributed by atoms with van der Waals surface area (Å²) in [6.07, 6.45) is 0.519. The van der Waals surface area contributed by atoms with Crippen LogP contribution in [0.2, 0.25) is 0 Å². The molecule has 8 heteroatoms. The van der Waals surface area contributed by atoms with Crippen molar-refractivity contribution < 1.29 is 18.4 Å². The van der Waals surface area contributed by atoms with E-state index in [1.165, 1.54) is 4.31 Å². The highest BCUT2D eigenvalue weighted by Gasteiger charge is 2.28. The number of hydrogen-bond acceptors (Lipinski definition) is 4. The van der Waals surface area contributed by atoms with Gasteiger partial charge in [0, 0.05) is 22.2 Å². The second-order valence-electron chi connectivity index (χ2n) is 5.47. The molecule has 2 aromatic carbocycles. The number of amides is 1. The molecule has 0 unspecified atom stereocenters. The van der Waals surface area contributed by atoms with E-state index in [-0.39, 0.29) is 11.4 Å². The van der Waals surface area contributed by atoms with Crippen molar-refractivity contribution in [3.05, 3.63) is 62.7 Å². The monoisotopic (exact) mass is 458 g/mol. The predicted octanol–water partition coefficient (Wildman–Crippen LogP) is 2.16. The Kier molecular flexibility index (Phi) is 4.90. The highest BCUT2D eigenvalue weighted by molar-refractivity contribution is 14.1. The summed E-state index contributed by atoms with van der Waals surface area (Å²) in [6, 6.07) is 11.8. The van der Waals surface area contributed by atoms with Crippen molar-refractivity contribution in [3.8, 4) is 0 Å². The van der Waals surface area contributed by atoms with Crippen molar-refractivity contribution in [3.63, 3.8) is 0 Å². The zero-order valence-corrected chi connectivity index (χ0v) is 15.5. The molecule has 1 heterocycles. The van der Waals surface area contributed by atoms with Crippen LogP contribution in [0.3, 0.4) is 0 Å². The van der Waals surface area contributed by atoms with E-state index in [4.69, 9.17) is 5.21 Å². The number of nitrogens with zero attached hydrogens (tertiary/aromatic N) is 1. The van der Waals surface area contributed by atoms with Crippen LogP contribution in [-0.2, 0) is 23.0 Å². The van der Waals surface area contributed by atoms with Gasteiger partial charge >= 0.3 is 0 Å². The van der Waals surface area contributed by atoms with Crippen LogP contribution in [0, 0.1) is 3.57 Å². The summed E-state index contributed by atoms with van der Waals surface area (Å²) in [6.45, 7) is 0.621. The molecule has 126 valence electrons. The molecule has 0 fully saturated rings. The maximum Gasteiger partial charge on any atom is 0.274 e. The van der Waals surface area contributed by atoms with Crippen molar-refractivity contribution in [1.29, 1.82) is 0 Å². The van der Waals surface area contributed by atoms with Crippen molar-refractivity contribution in [2.45, 2.75) is 17.9 Å². The molecule has 0 atom stereocenters. The Morgan fingerprint density at radius 3 is 2.50 bits per heavy atom. The van der Waals surface area contributed by atoms with Crippen LogP contribution in [0.5, 0.6) is 0 Å². The van der Waals surface area contributed by atoms with Gasteiger partial charge in [-0.2, -0.15) is 4.31 Å². The Bertz CT molecular complexity index is 881. The minimum Gasteiger partial charge on any atom is -0.288 e. The lowest BCUT2D eigenvalue weighted by atomic mass is 9.98. The molecule has 6 nitrogen and oxygen atoms in total. The normalized spacial score (nSPS) is 14.9. The Labute approximate surface area is 153 Å². The summed E-state index contributed by atoms with van der Waals surface area (Å²) in [5.41, 5.74) is 3.74. The summed E-state index contributed by atoms with van der Waals surface area (Å²) in [7, 11) is -3.54. The summed E-state index contributed by atoms with van der Waals surface area (Å²) < 4.78 is 27.9. The summed E-state index contributed by atoms with van der Waals surface area (Å²) >= 11 is 2.13. The van der Waals surface area contributed by atoms with Crippen LogP contribution in [0.25, 0.3) is 0 Å². The van der Waals surface area contributed by atoms with Gasteiger partial charge in [-0.15, -0.1) is 0 Å². The van der Waals surface area contributed by atoms with Crippen LogP contribution < -0.4 is 5.48 Å². The number of hydroxylamine groups is 1. The molecule has 1 aliphatic rings. The summed E-state index contributed by atoms with van der Waals surface area (Å²) in [5.74, 6) is -0.577. The SMILES string of the molecule is O=C(NO)c1ccc2c(c1)CCN(S(=O)(=O)c1ccc(I)cc1)C2. The van der Waals surface area contributed by atoms with Crippen LogP contribution >= 0.6 is 22.6 Å². The van der Waals surface area contributed by atoms with E-state index < -0.39 is 15.9 Å². The van der Waals surface area contributed by atoms with Gasteiger partial charge in [-0.1, -0.05) is 6.07 Å². The average Bonchev–Trinajstić information content (AvgIpc) is 2.60. The molecule has 0 aromatic heterocycles. The molecule has 1 amide bonds. The summed E-state index contributed by atoms with van der Waals surface area (Å²) in [5, 5.41) is 8.70. The standard InChI is InChI=1S/C16H15IN2O4S/c17-14-3-5-15(6-4-14)24(22,23)19-8-7-11-9-12(16(20)18-21)1-2-13(11)10-19/h1-6,9,21H,7-8,10H2,(H,18,20). The Morgan fingerprint density at radius 2 is 1.83 bits per heavy atom. The van der Waals surface area contributed by atoms with Gasteiger partial charge in [-0.25, -0.2) is 13.9 Å². The second kappa shape index (κ2) is 6.79. The second-order valence-corrected chi connectivity index (χ2v) is 8.65. The third kappa shape index (κ3) is 3.32. The smallest absolute Gasteiger partial charge is 0.274 e. The van der Waals surface area contributed by atoms with Crippen LogP contribution in [0.15, 0.2) is 47.4 Å². The van der Waals surface area contributed by atoms with Gasteiger partial charge in [-0.3, -0.25) is 10.0 Å². The topological polar surface area (TPSA) is 86.7 Å². The molecule has 0 spiro atoms. The molecule has 0 saturated carbocycles. The van der Waals surface area contributed by atoms with E-state index >= 15 is 0 Å². The molecule has 3 rings (SSSR count). The van der Waals surface area contributed by atoms with Gasteiger partial charge < -0.3 is 0 Å². The third-order valence-electron chi connectivity index (χ3n) is 4.00. The Morgan fingerprint density at radius 1 is 1.12 bits per heavy atom. The number of hydrogen-bond donors (Lipinski definition) is 2. The quantitative estimate of drug-likeness (QED) is 0.420. The first-order valence-corrected chi connectivity index (χ1v) is 9.75. The highest BCUT2D eigenvalue weighted by Crippen LogP contribution is 2.26. The maximum atomic E-state index is 12.8. The minimum absolute atomic E-state index is 0.269. The van der Waals surface area contributed by atoms with Gasteiger partial charge in [-0.05, 0) is 76.5 Å². The van der Waals surface area contributed by atoms with Crippen LogP contribution in [0.1, 0.15) is 21.5 Å². The number of nitrogens with one attached hydrogen (secondary N) is 1. The molecular formula is C16H15IN2O4S. The Balaban J connectivity index is 1.87. The molecule has 2 N–H and O–H groups in total. The zero-order valence-electron chi connectivity index (χ0n) is 12.6. The van der Waals surface area contributed by atoms with Crippen LogP contribution in [0.4, 0.5) is 0 Å².